The molecule has 0 saturated heterocycles. The molecule has 4 rings (SSSR count). The average molecular weight is 309 g/mol. The van der Waals surface area contributed by atoms with E-state index in [2.05, 4.69) is 73.7 Å². The third-order valence-corrected chi connectivity index (χ3v) is 4.78. The third-order valence-electron chi connectivity index (χ3n) is 4.78. The Morgan fingerprint density at radius 2 is 1.75 bits per heavy atom. The highest BCUT2D eigenvalue weighted by Gasteiger charge is 2.12. The normalized spacial score (nSPS) is 13.7. The summed E-state index contributed by atoms with van der Waals surface area (Å²) in [7, 11) is 0. The topological polar surface area (TPSA) is 23.9 Å². The second kappa shape index (κ2) is 5.93. The van der Waals surface area contributed by atoms with E-state index in [0.29, 0.717) is 0 Å². The summed E-state index contributed by atoms with van der Waals surface area (Å²) < 4.78 is 0. The second-order valence-electron chi connectivity index (χ2n) is 6.24. The standard InChI is InChI=1S/C23H19N/c1-16-6-4-11-21(16)18-8-5-9-19(14-18)23-20(15-24)13-12-17-7-2-3-10-22(17)23/h2-10,12-15,24H,11H2,1H3. The lowest BCUT2D eigenvalue weighted by Gasteiger charge is -2.13. The van der Waals surface area contributed by atoms with Crippen LogP contribution in [0.2, 0.25) is 0 Å². The molecule has 0 aliphatic heterocycles. The molecule has 0 bridgehead atoms. The van der Waals surface area contributed by atoms with Crippen LogP contribution in [-0.2, 0) is 0 Å². The minimum atomic E-state index is 0.959. The summed E-state index contributed by atoms with van der Waals surface area (Å²) in [5.74, 6) is 0. The Morgan fingerprint density at radius 3 is 2.54 bits per heavy atom. The molecule has 1 aliphatic carbocycles. The Morgan fingerprint density at radius 1 is 0.917 bits per heavy atom. The van der Waals surface area contributed by atoms with Gasteiger partial charge in [0.1, 0.15) is 0 Å². The zero-order chi connectivity index (χ0) is 16.5. The van der Waals surface area contributed by atoms with Crippen molar-refractivity contribution in [3.05, 3.63) is 89.5 Å². The fraction of sp³-hybridized carbons (Fsp3) is 0.0870. The molecule has 3 aromatic carbocycles. The van der Waals surface area contributed by atoms with Crippen LogP contribution >= 0.6 is 0 Å². The van der Waals surface area contributed by atoms with Gasteiger partial charge >= 0.3 is 0 Å². The Kier molecular flexibility index (Phi) is 3.62. The first kappa shape index (κ1) is 14.6. The lowest BCUT2D eigenvalue weighted by molar-refractivity contribution is 1.41. The molecule has 3 aromatic rings. The quantitative estimate of drug-likeness (QED) is 0.554. The molecule has 0 spiro atoms. The number of fused-ring (bicyclic) bond motifs is 1. The van der Waals surface area contributed by atoms with Crippen molar-refractivity contribution in [3.8, 4) is 11.1 Å². The van der Waals surface area contributed by atoms with Crippen LogP contribution in [0.5, 0.6) is 0 Å². The predicted molar refractivity (Wildman–Crippen MR) is 104 cm³/mol. The molecule has 0 heterocycles. The van der Waals surface area contributed by atoms with E-state index in [4.69, 9.17) is 5.41 Å². The lowest BCUT2D eigenvalue weighted by Crippen LogP contribution is -1.92. The van der Waals surface area contributed by atoms with Crippen molar-refractivity contribution in [2.45, 2.75) is 13.3 Å². The van der Waals surface area contributed by atoms with E-state index >= 15 is 0 Å². The van der Waals surface area contributed by atoms with E-state index in [-0.39, 0.29) is 0 Å². The van der Waals surface area contributed by atoms with E-state index in [9.17, 15) is 0 Å². The summed E-state index contributed by atoms with van der Waals surface area (Å²) in [6, 6.07) is 21.3. The molecule has 1 N–H and O–H groups in total. The van der Waals surface area contributed by atoms with E-state index in [1.807, 2.05) is 6.07 Å². The van der Waals surface area contributed by atoms with Crippen LogP contribution in [0.25, 0.3) is 27.5 Å². The Bertz CT molecular complexity index is 1010. The molecule has 0 atom stereocenters. The number of hydrogen-bond acceptors (Lipinski definition) is 1. The predicted octanol–water partition coefficient (Wildman–Crippen LogP) is 6.24. The molecule has 0 aromatic heterocycles. The van der Waals surface area contributed by atoms with Crippen LogP contribution in [0.15, 0.2) is 78.4 Å². The van der Waals surface area contributed by atoms with Crippen molar-refractivity contribution in [2.75, 3.05) is 0 Å². The van der Waals surface area contributed by atoms with Crippen molar-refractivity contribution in [2.24, 2.45) is 0 Å². The summed E-state index contributed by atoms with van der Waals surface area (Å²) in [5.41, 5.74) is 7.30. The maximum absolute atomic E-state index is 7.82. The molecule has 0 fully saturated rings. The van der Waals surface area contributed by atoms with E-state index in [0.717, 1.165) is 17.5 Å². The van der Waals surface area contributed by atoms with Crippen molar-refractivity contribution in [1.29, 1.82) is 5.41 Å². The van der Waals surface area contributed by atoms with Gasteiger partial charge in [-0.2, -0.15) is 0 Å². The van der Waals surface area contributed by atoms with Gasteiger partial charge in [-0.15, -0.1) is 0 Å². The van der Waals surface area contributed by atoms with Gasteiger partial charge in [-0.25, -0.2) is 0 Å². The number of rotatable bonds is 3. The van der Waals surface area contributed by atoms with Crippen LogP contribution in [0.4, 0.5) is 0 Å². The molecule has 0 unspecified atom stereocenters. The molecule has 0 radical (unpaired) electrons. The number of benzene rings is 3. The molecule has 24 heavy (non-hydrogen) atoms. The highest BCUT2D eigenvalue weighted by molar-refractivity contribution is 6.05. The highest BCUT2D eigenvalue weighted by Crippen LogP contribution is 2.35. The third kappa shape index (κ3) is 2.39. The van der Waals surface area contributed by atoms with Gasteiger partial charge in [0, 0.05) is 11.8 Å². The maximum Gasteiger partial charge on any atom is 0.0256 e. The summed E-state index contributed by atoms with van der Waals surface area (Å²) in [6.07, 6.45) is 6.87. The number of hydrogen-bond donors (Lipinski definition) is 1. The zero-order valence-electron chi connectivity index (χ0n) is 13.7. The Hall–Kier alpha value is -2.93. The summed E-state index contributed by atoms with van der Waals surface area (Å²) in [5, 5.41) is 10.2. The maximum atomic E-state index is 7.82. The van der Waals surface area contributed by atoms with Gasteiger partial charge < -0.3 is 5.41 Å². The summed E-state index contributed by atoms with van der Waals surface area (Å²) in [6.45, 7) is 2.17. The SMILES string of the molecule is CC1=C(c2cccc(-c3c(C=N)ccc4ccccc34)c2)CC=C1. The van der Waals surface area contributed by atoms with Crippen LogP contribution in [0, 0.1) is 5.41 Å². The van der Waals surface area contributed by atoms with Gasteiger partial charge in [0.05, 0.1) is 0 Å². The van der Waals surface area contributed by atoms with Crippen molar-refractivity contribution < 1.29 is 0 Å². The largest absolute Gasteiger partial charge is 0.308 e. The molecular formula is C23H19N. The minimum absolute atomic E-state index is 0.959. The molecule has 1 heteroatoms. The Labute approximate surface area is 142 Å². The molecule has 1 nitrogen and oxygen atoms in total. The fourth-order valence-electron chi connectivity index (χ4n) is 3.55. The van der Waals surface area contributed by atoms with Crippen molar-refractivity contribution >= 4 is 22.6 Å². The van der Waals surface area contributed by atoms with Gasteiger partial charge in [-0.3, -0.25) is 0 Å². The van der Waals surface area contributed by atoms with Gasteiger partial charge in [0.25, 0.3) is 0 Å². The average Bonchev–Trinajstić information content (AvgIpc) is 3.06. The van der Waals surface area contributed by atoms with E-state index in [1.165, 1.54) is 39.3 Å². The zero-order valence-corrected chi connectivity index (χ0v) is 13.7. The smallest absolute Gasteiger partial charge is 0.0256 e. The monoisotopic (exact) mass is 309 g/mol. The molecule has 0 saturated carbocycles. The first-order chi connectivity index (χ1) is 11.8. The lowest BCUT2D eigenvalue weighted by atomic mass is 9.91. The second-order valence-corrected chi connectivity index (χ2v) is 6.24. The van der Waals surface area contributed by atoms with Crippen molar-refractivity contribution in [3.63, 3.8) is 0 Å². The highest BCUT2D eigenvalue weighted by atomic mass is 14.3. The summed E-state index contributed by atoms with van der Waals surface area (Å²) in [4.78, 5) is 0. The van der Waals surface area contributed by atoms with Gasteiger partial charge in [0.15, 0.2) is 0 Å². The molecular weight excluding hydrogens is 290 g/mol. The van der Waals surface area contributed by atoms with Gasteiger partial charge in [-0.05, 0) is 58.0 Å². The molecule has 0 amide bonds. The van der Waals surface area contributed by atoms with Crippen molar-refractivity contribution in [1.82, 2.24) is 0 Å². The first-order valence-electron chi connectivity index (χ1n) is 8.27. The van der Waals surface area contributed by atoms with Gasteiger partial charge in [-0.1, -0.05) is 66.7 Å². The van der Waals surface area contributed by atoms with Crippen LogP contribution < -0.4 is 0 Å². The summed E-state index contributed by atoms with van der Waals surface area (Å²) >= 11 is 0. The van der Waals surface area contributed by atoms with Gasteiger partial charge in [0.2, 0.25) is 0 Å². The first-order valence-corrected chi connectivity index (χ1v) is 8.27. The van der Waals surface area contributed by atoms with Crippen LogP contribution in [-0.4, -0.2) is 6.21 Å². The fourth-order valence-corrected chi connectivity index (χ4v) is 3.55. The molecule has 1 aliphatic rings. The minimum Gasteiger partial charge on any atom is -0.308 e. The number of allylic oxidation sites excluding steroid dienone is 4. The number of nitrogens with one attached hydrogen (secondary N) is 1. The van der Waals surface area contributed by atoms with E-state index < -0.39 is 0 Å². The van der Waals surface area contributed by atoms with Crippen LogP contribution in [0.3, 0.4) is 0 Å². The molecule has 116 valence electrons. The van der Waals surface area contributed by atoms with Crippen LogP contribution in [0.1, 0.15) is 24.5 Å². The van der Waals surface area contributed by atoms with E-state index in [1.54, 1.807) is 0 Å². The Balaban J connectivity index is 1.95.